The highest BCUT2D eigenvalue weighted by atomic mass is 16.5. The molecule has 3 rings (SSSR count). The summed E-state index contributed by atoms with van der Waals surface area (Å²) in [6.07, 6.45) is 1.42. The van der Waals surface area contributed by atoms with Gasteiger partial charge in [0.2, 0.25) is 6.23 Å². The van der Waals surface area contributed by atoms with E-state index in [1.165, 1.54) is 17.2 Å². The lowest BCUT2D eigenvalue weighted by Gasteiger charge is -2.15. The smallest absolute Gasteiger partial charge is 0.207 e. The number of nitrogen functional groups attached to an aromatic ring is 1. The van der Waals surface area contributed by atoms with Crippen LogP contribution in [0.25, 0.3) is 11.2 Å². The molecule has 0 saturated carbocycles. The average molecular weight is 263 g/mol. The molecule has 1 aliphatic heterocycles. The summed E-state index contributed by atoms with van der Waals surface area (Å²) in [5, 5.41) is 19.8. The average Bonchev–Trinajstić information content (AvgIpc) is 2.94. The SMILES string of the molecule is C/C=C1\O[C@H](n2cnc3c(N)ncnc32)[C@H](O)[C@@H]1O. The molecule has 100 valence electrons. The number of rotatable bonds is 1. The first-order valence-corrected chi connectivity index (χ1v) is 5.75. The maximum absolute atomic E-state index is 10.0. The number of fused-ring (bicyclic) bond motifs is 1. The van der Waals surface area contributed by atoms with Crippen molar-refractivity contribution < 1.29 is 14.9 Å². The van der Waals surface area contributed by atoms with Crippen molar-refractivity contribution in [1.29, 1.82) is 0 Å². The van der Waals surface area contributed by atoms with Gasteiger partial charge in [0.05, 0.1) is 0 Å². The van der Waals surface area contributed by atoms with E-state index in [1.54, 1.807) is 13.0 Å². The van der Waals surface area contributed by atoms with Gasteiger partial charge in [-0.25, -0.2) is 15.0 Å². The fourth-order valence-electron chi connectivity index (χ4n) is 2.12. The van der Waals surface area contributed by atoms with Crippen molar-refractivity contribution in [3.63, 3.8) is 0 Å². The Morgan fingerprint density at radius 1 is 1.37 bits per heavy atom. The third-order valence-corrected chi connectivity index (χ3v) is 3.11. The number of allylic oxidation sites excluding steroid dienone is 1. The number of aliphatic hydroxyl groups excluding tert-OH is 2. The van der Waals surface area contributed by atoms with Gasteiger partial charge in [-0.3, -0.25) is 4.57 Å². The molecule has 1 saturated heterocycles. The topological polar surface area (TPSA) is 119 Å². The molecule has 8 nitrogen and oxygen atoms in total. The van der Waals surface area contributed by atoms with Crippen molar-refractivity contribution in [2.45, 2.75) is 25.4 Å². The van der Waals surface area contributed by atoms with E-state index in [2.05, 4.69) is 15.0 Å². The summed E-state index contributed by atoms with van der Waals surface area (Å²) in [5.74, 6) is 0.574. The molecule has 3 atom stereocenters. The minimum Gasteiger partial charge on any atom is -0.469 e. The van der Waals surface area contributed by atoms with Crippen LogP contribution < -0.4 is 5.73 Å². The molecule has 0 bridgehead atoms. The zero-order valence-corrected chi connectivity index (χ0v) is 10.1. The maximum atomic E-state index is 10.0. The summed E-state index contributed by atoms with van der Waals surface area (Å²) in [6, 6.07) is 0. The Morgan fingerprint density at radius 2 is 2.16 bits per heavy atom. The minimum absolute atomic E-state index is 0.253. The number of aliphatic hydroxyl groups is 2. The molecule has 19 heavy (non-hydrogen) atoms. The summed E-state index contributed by atoms with van der Waals surface area (Å²) >= 11 is 0. The Labute approximate surface area is 108 Å². The monoisotopic (exact) mass is 263 g/mol. The second-order valence-corrected chi connectivity index (χ2v) is 4.22. The fourth-order valence-corrected chi connectivity index (χ4v) is 2.12. The van der Waals surface area contributed by atoms with E-state index in [1.807, 2.05) is 0 Å². The van der Waals surface area contributed by atoms with Crippen LogP contribution in [0.5, 0.6) is 0 Å². The van der Waals surface area contributed by atoms with E-state index >= 15 is 0 Å². The first-order valence-electron chi connectivity index (χ1n) is 5.75. The minimum atomic E-state index is -1.10. The van der Waals surface area contributed by atoms with Crippen LogP contribution in [0.15, 0.2) is 24.5 Å². The first-order chi connectivity index (χ1) is 9.13. The van der Waals surface area contributed by atoms with Crippen molar-refractivity contribution >= 4 is 17.0 Å². The molecule has 0 spiro atoms. The maximum Gasteiger partial charge on any atom is 0.207 e. The van der Waals surface area contributed by atoms with Gasteiger partial charge in [0.1, 0.15) is 36.1 Å². The third-order valence-electron chi connectivity index (χ3n) is 3.11. The van der Waals surface area contributed by atoms with Crippen LogP contribution in [0, 0.1) is 0 Å². The zero-order valence-electron chi connectivity index (χ0n) is 10.1. The molecule has 2 aromatic heterocycles. The largest absolute Gasteiger partial charge is 0.469 e. The first kappa shape index (κ1) is 11.9. The summed E-state index contributed by atoms with van der Waals surface area (Å²) in [7, 11) is 0. The fraction of sp³-hybridized carbons (Fsp3) is 0.364. The number of hydrogen-bond donors (Lipinski definition) is 3. The van der Waals surface area contributed by atoms with Crippen LogP contribution >= 0.6 is 0 Å². The van der Waals surface area contributed by atoms with Gasteiger partial charge in [-0.05, 0) is 13.0 Å². The Hall–Kier alpha value is -2.19. The molecule has 1 aliphatic rings. The highest BCUT2D eigenvalue weighted by molar-refractivity contribution is 5.81. The Kier molecular flexibility index (Phi) is 2.61. The van der Waals surface area contributed by atoms with Crippen LogP contribution in [0.3, 0.4) is 0 Å². The zero-order chi connectivity index (χ0) is 13.6. The molecule has 8 heteroatoms. The van der Waals surface area contributed by atoms with E-state index in [0.29, 0.717) is 16.9 Å². The van der Waals surface area contributed by atoms with Gasteiger partial charge in [-0.1, -0.05) is 0 Å². The van der Waals surface area contributed by atoms with Gasteiger partial charge < -0.3 is 20.7 Å². The highest BCUT2D eigenvalue weighted by Gasteiger charge is 2.41. The predicted molar refractivity (Wildman–Crippen MR) is 65.6 cm³/mol. The quantitative estimate of drug-likeness (QED) is 0.638. The van der Waals surface area contributed by atoms with Crippen molar-refractivity contribution in [2.24, 2.45) is 0 Å². The normalized spacial score (nSPS) is 29.0. The number of anilines is 1. The van der Waals surface area contributed by atoms with Crippen molar-refractivity contribution in [2.75, 3.05) is 5.73 Å². The third kappa shape index (κ3) is 1.65. The molecule has 0 amide bonds. The van der Waals surface area contributed by atoms with Crippen LogP contribution in [0.2, 0.25) is 0 Å². The van der Waals surface area contributed by atoms with Crippen LogP contribution in [-0.4, -0.2) is 41.9 Å². The molecule has 0 radical (unpaired) electrons. The van der Waals surface area contributed by atoms with Gasteiger partial charge in [-0.2, -0.15) is 0 Å². The Bertz CT molecular complexity index is 653. The Morgan fingerprint density at radius 3 is 2.84 bits per heavy atom. The number of nitrogens with two attached hydrogens (primary N) is 1. The predicted octanol–water partition coefficient (Wildman–Crippen LogP) is -0.437. The number of hydrogen-bond acceptors (Lipinski definition) is 7. The second kappa shape index (κ2) is 4.18. The van der Waals surface area contributed by atoms with E-state index < -0.39 is 18.4 Å². The van der Waals surface area contributed by atoms with Crippen LogP contribution in [0.4, 0.5) is 5.82 Å². The van der Waals surface area contributed by atoms with Crippen LogP contribution in [-0.2, 0) is 4.74 Å². The molecule has 0 aromatic carbocycles. The number of aromatic nitrogens is 4. The summed E-state index contributed by atoms with van der Waals surface area (Å²) in [5.41, 5.74) is 6.57. The molecule has 3 heterocycles. The van der Waals surface area contributed by atoms with Crippen LogP contribution in [0.1, 0.15) is 13.2 Å². The lowest BCUT2D eigenvalue weighted by atomic mass is 10.2. The number of nitrogens with zero attached hydrogens (tertiary/aromatic N) is 4. The molecular formula is C11H13N5O3. The van der Waals surface area contributed by atoms with E-state index in [9.17, 15) is 10.2 Å². The van der Waals surface area contributed by atoms with Gasteiger partial charge in [-0.15, -0.1) is 0 Å². The van der Waals surface area contributed by atoms with E-state index in [-0.39, 0.29) is 5.82 Å². The standard InChI is InChI=1S/C11H13N5O3/c1-2-5-7(17)8(18)11(19-5)16-4-15-6-9(12)13-3-14-10(6)16/h2-4,7-8,11,17-18H,1H3,(H2,12,13,14)/b5-2-/t7-,8-,11+/m1/s1. The number of ether oxygens (including phenoxy) is 1. The van der Waals surface area contributed by atoms with Crippen molar-refractivity contribution in [3.05, 3.63) is 24.5 Å². The number of imidazole rings is 1. The van der Waals surface area contributed by atoms with Crippen molar-refractivity contribution in [1.82, 2.24) is 19.5 Å². The van der Waals surface area contributed by atoms with Gasteiger partial charge >= 0.3 is 0 Å². The summed E-state index contributed by atoms with van der Waals surface area (Å²) in [4.78, 5) is 12.0. The molecular weight excluding hydrogens is 250 g/mol. The van der Waals surface area contributed by atoms with E-state index in [4.69, 9.17) is 10.5 Å². The molecule has 0 unspecified atom stereocenters. The van der Waals surface area contributed by atoms with Gasteiger partial charge in [0.15, 0.2) is 11.5 Å². The lowest BCUT2D eigenvalue weighted by Crippen LogP contribution is -2.27. The highest BCUT2D eigenvalue weighted by Crippen LogP contribution is 2.33. The molecule has 2 aromatic rings. The molecule has 0 aliphatic carbocycles. The van der Waals surface area contributed by atoms with Gasteiger partial charge in [0, 0.05) is 0 Å². The summed E-state index contributed by atoms with van der Waals surface area (Å²) in [6.45, 7) is 1.72. The van der Waals surface area contributed by atoms with E-state index in [0.717, 1.165) is 0 Å². The van der Waals surface area contributed by atoms with Gasteiger partial charge in [0.25, 0.3) is 0 Å². The second-order valence-electron chi connectivity index (χ2n) is 4.22. The lowest BCUT2D eigenvalue weighted by molar-refractivity contribution is -0.0118. The molecule has 1 fully saturated rings. The molecule has 4 N–H and O–H groups in total. The van der Waals surface area contributed by atoms with Crippen molar-refractivity contribution in [3.8, 4) is 0 Å². The Balaban J connectivity index is 2.09. The summed E-state index contributed by atoms with van der Waals surface area (Å²) < 4.78 is 7.04.